The maximum absolute atomic E-state index is 12.1. The summed E-state index contributed by atoms with van der Waals surface area (Å²) in [6.07, 6.45) is 3.56. The molecule has 1 fully saturated rings. The Bertz CT molecular complexity index is 385. The Kier molecular flexibility index (Phi) is 3.63. The van der Waals surface area contributed by atoms with Gasteiger partial charge in [-0.3, -0.25) is 9.48 Å². The van der Waals surface area contributed by atoms with Crippen LogP contribution in [0.1, 0.15) is 6.92 Å². The fourth-order valence-corrected chi connectivity index (χ4v) is 1.87. The molecule has 1 aromatic heterocycles. The van der Waals surface area contributed by atoms with E-state index < -0.39 is 0 Å². The first kappa shape index (κ1) is 11.9. The summed E-state index contributed by atoms with van der Waals surface area (Å²) in [6.45, 7) is 4.48. The quantitative estimate of drug-likeness (QED) is 0.810. The Balaban J connectivity index is 1.90. The van der Waals surface area contributed by atoms with E-state index in [0.717, 1.165) is 5.69 Å². The van der Waals surface area contributed by atoms with Crippen molar-refractivity contribution >= 4 is 11.6 Å². The molecule has 1 N–H and O–H groups in total. The molecule has 6 heteroatoms. The number of morpholine rings is 1. The fourth-order valence-electron chi connectivity index (χ4n) is 1.87. The molecule has 2 heterocycles. The van der Waals surface area contributed by atoms with Crippen LogP contribution in [0.2, 0.25) is 0 Å². The van der Waals surface area contributed by atoms with E-state index in [1.165, 1.54) is 0 Å². The second kappa shape index (κ2) is 5.18. The monoisotopic (exact) mass is 238 g/mol. The Labute approximate surface area is 101 Å². The smallest absolute Gasteiger partial charge is 0.244 e. The van der Waals surface area contributed by atoms with Crippen LogP contribution in [0.25, 0.3) is 0 Å². The molecule has 0 aromatic carbocycles. The molecule has 0 spiro atoms. The van der Waals surface area contributed by atoms with Crippen LogP contribution in [0, 0.1) is 0 Å². The van der Waals surface area contributed by atoms with Gasteiger partial charge in [0.05, 0.1) is 25.1 Å². The summed E-state index contributed by atoms with van der Waals surface area (Å²) in [4.78, 5) is 13.9. The maximum atomic E-state index is 12.1. The van der Waals surface area contributed by atoms with Gasteiger partial charge in [-0.15, -0.1) is 0 Å². The zero-order valence-electron chi connectivity index (χ0n) is 10.2. The largest absolute Gasteiger partial charge is 0.378 e. The summed E-state index contributed by atoms with van der Waals surface area (Å²) in [5.74, 6) is 0.108. The van der Waals surface area contributed by atoms with E-state index in [-0.39, 0.29) is 11.9 Å². The number of ether oxygens (including phenoxy) is 1. The highest BCUT2D eigenvalue weighted by Crippen LogP contribution is 2.08. The summed E-state index contributed by atoms with van der Waals surface area (Å²) in [5, 5.41) is 7.20. The molecule has 1 unspecified atom stereocenters. The van der Waals surface area contributed by atoms with E-state index in [2.05, 4.69) is 10.4 Å². The molecule has 1 atom stereocenters. The van der Waals surface area contributed by atoms with Crippen molar-refractivity contribution in [1.29, 1.82) is 0 Å². The number of anilines is 1. The van der Waals surface area contributed by atoms with Gasteiger partial charge in [-0.25, -0.2) is 0 Å². The molecule has 17 heavy (non-hydrogen) atoms. The van der Waals surface area contributed by atoms with E-state index in [0.29, 0.717) is 26.3 Å². The van der Waals surface area contributed by atoms with E-state index >= 15 is 0 Å². The lowest BCUT2D eigenvalue weighted by atomic mass is 10.2. The number of aromatic nitrogens is 2. The predicted octanol–water partition coefficient (Wildman–Crippen LogP) is 0.0793. The Morgan fingerprint density at radius 1 is 1.53 bits per heavy atom. The van der Waals surface area contributed by atoms with E-state index in [1.807, 2.05) is 25.1 Å². The molecule has 1 saturated heterocycles. The van der Waals surface area contributed by atoms with Crippen molar-refractivity contribution in [3.05, 3.63) is 12.4 Å². The summed E-state index contributed by atoms with van der Waals surface area (Å²) < 4.78 is 6.93. The number of hydrogen-bond donors (Lipinski definition) is 1. The normalized spacial score (nSPS) is 17.9. The van der Waals surface area contributed by atoms with Gasteiger partial charge in [0.25, 0.3) is 0 Å². The molecule has 94 valence electrons. The predicted molar refractivity (Wildman–Crippen MR) is 63.7 cm³/mol. The van der Waals surface area contributed by atoms with E-state index in [4.69, 9.17) is 4.74 Å². The molecular formula is C11H18N4O2. The molecule has 6 nitrogen and oxygen atoms in total. The summed E-state index contributed by atoms with van der Waals surface area (Å²) in [7, 11) is 1.85. The Morgan fingerprint density at radius 3 is 2.82 bits per heavy atom. The molecule has 0 saturated carbocycles. The highest BCUT2D eigenvalue weighted by Gasteiger charge is 2.22. The highest BCUT2D eigenvalue weighted by molar-refractivity contribution is 5.84. The Morgan fingerprint density at radius 2 is 2.24 bits per heavy atom. The number of nitrogens with one attached hydrogen (secondary N) is 1. The number of hydrogen-bond acceptors (Lipinski definition) is 4. The van der Waals surface area contributed by atoms with Gasteiger partial charge in [0.15, 0.2) is 0 Å². The van der Waals surface area contributed by atoms with Crippen molar-refractivity contribution in [1.82, 2.24) is 14.7 Å². The van der Waals surface area contributed by atoms with Crippen molar-refractivity contribution in [3.8, 4) is 0 Å². The molecule has 0 bridgehead atoms. The SMILES string of the molecule is CC(Nc1cnn(C)c1)C(=O)N1CCOCC1. The van der Waals surface area contributed by atoms with Gasteiger partial charge in [0, 0.05) is 26.3 Å². The third-order valence-electron chi connectivity index (χ3n) is 2.78. The van der Waals surface area contributed by atoms with E-state index in [9.17, 15) is 4.79 Å². The first-order chi connectivity index (χ1) is 8.16. The summed E-state index contributed by atoms with van der Waals surface area (Å²) in [6, 6.07) is -0.239. The van der Waals surface area contributed by atoms with Crippen LogP contribution in [0.3, 0.4) is 0 Å². The molecule has 1 aliphatic rings. The third-order valence-corrected chi connectivity index (χ3v) is 2.78. The fraction of sp³-hybridized carbons (Fsp3) is 0.636. The van der Waals surface area contributed by atoms with Gasteiger partial charge in [-0.1, -0.05) is 0 Å². The van der Waals surface area contributed by atoms with Crippen LogP contribution in [-0.4, -0.2) is 52.9 Å². The van der Waals surface area contributed by atoms with Crippen molar-refractivity contribution < 1.29 is 9.53 Å². The van der Waals surface area contributed by atoms with Crippen LogP contribution in [0.4, 0.5) is 5.69 Å². The minimum atomic E-state index is -0.239. The average molecular weight is 238 g/mol. The molecule has 1 amide bonds. The zero-order valence-corrected chi connectivity index (χ0v) is 10.2. The van der Waals surface area contributed by atoms with Crippen LogP contribution in [0.15, 0.2) is 12.4 Å². The first-order valence-corrected chi connectivity index (χ1v) is 5.78. The molecule has 0 aliphatic carbocycles. The topological polar surface area (TPSA) is 59.4 Å². The number of aryl methyl sites for hydroxylation is 1. The van der Waals surface area contributed by atoms with Crippen LogP contribution < -0.4 is 5.32 Å². The number of carbonyl (C=O) groups excluding carboxylic acids is 1. The number of carbonyl (C=O) groups is 1. The van der Waals surface area contributed by atoms with Crippen LogP contribution in [-0.2, 0) is 16.6 Å². The van der Waals surface area contributed by atoms with Gasteiger partial charge >= 0.3 is 0 Å². The zero-order chi connectivity index (χ0) is 12.3. The number of nitrogens with zero attached hydrogens (tertiary/aromatic N) is 3. The minimum absolute atomic E-state index is 0.108. The minimum Gasteiger partial charge on any atom is -0.378 e. The van der Waals surface area contributed by atoms with Gasteiger partial charge in [0.2, 0.25) is 5.91 Å². The van der Waals surface area contributed by atoms with Gasteiger partial charge in [0.1, 0.15) is 6.04 Å². The third kappa shape index (κ3) is 2.97. The van der Waals surface area contributed by atoms with Crippen molar-refractivity contribution in [3.63, 3.8) is 0 Å². The van der Waals surface area contributed by atoms with E-state index in [1.54, 1.807) is 10.9 Å². The second-order valence-corrected chi connectivity index (χ2v) is 4.21. The lowest BCUT2D eigenvalue weighted by Gasteiger charge is -2.29. The molecule has 1 aliphatic heterocycles. The van der Waals surface area contributed by atoms with Crippen LogP contribution in [0.5, 0.6) is 0 Å². The standard InChI is InChI=1S/C11H18N4O2/c1-9(13-10-7-12-14(2)8-10)11(16)15-3-5-17-6-4-15/h7-9,13H,3-6H2,1-2H3. The van der Waals surface area contributed by atoms with Crippen molar-refractivity contribution in [2.75, 3.05) is 31.6 Å². The molecular weight excluding hydrogens is 220 g/mol. The second-order valence-electron chi connectivity index (χ2n) is 4.21. The average Bonchev–Trinajstić information content (AvgIpc) is 2.75. The number of rotatable bonds is 3. The highest BCUT2D eigenvalue weighted by atomic mass is 16.5. The first-order valence-electron chi connectivity index (χ1n) is 5.78. The lowest BCUT2D eigenvalue weighted by molar-refractivity contribution is -0.135. The maximum Gasteiger partial charge on any atom is 0.244 e. The van der Waals surface area contributed by atoms with Crippen molar-refractivity contribution in [2.24, 2.45) is 7.05 Å². The van der Waals surface area contributed by atoms with Crippen LogP contribution >= 0.6 is 0 Å². The molecule has 1 aromatic rings. The van der Waals surface area contributed by atoms with Gasteiger partial charge < -0.3 is 15.0 Å². The number of amides is 1. The molecule has 0 radical (unpaired) electrons. The van der Waals surface area contributed by atoms with Gasteiger partial charge in [-0.2, -0.15) is 5.10 Å². The van der Waals surface area contributed by atoms with Crippen molar-refractivity contribution in [2.45, 2.75) is 13.0 Å². The lowest BCUT2D eigenvalue weighted by Crippen LogP contribution is -2.46. The Hall–Kier alpha value is -1.56. The summed E-state index contributed by atoms with van der Waals surface area (Å²) in [5.41, 5.74) is 0.863. The van der Waals surface area contributed by atoms with Gasteiger partial charge in [-0.05, 0) is 6.92 Å². The molecule has 2 rings (SSSR count). The summed E-state index contributed by atoms with van der Waals surface area (Å²) >= 11 is 0.